The van der Waals surface area contributed by atoms with Crippen LogP contribution in [0.5, 0.6) is 0 Å². The van der Waals surface area contributed by atoms with Crippen molar-refractivity contribution in [2.75, 3.05) is 12.4 Å². The van der Waals surface area contributed by atoms with E-state index in [1.807, 2.05) is 0 Å². The Balaban J connectivity index is 2.86. The van der Waals surface area contributed by atoms with Gasteiger partial charge in [0.1, 0.15) is 18.1 Å². The number of carbonyl (C=O) groups is 1. The number of hydrogen-bond acceptors (Lipinski definition) is 6. The van der Waals surface area contributed by atoms with E-state index in [9.17, 15) is 14.9 Å². The number of aryl methyl sites for hydroxylation is 1. The van der Waals surface area contributed by atoms with Gasteiger partial charge in [0.15, 0.2) is 0 Å². The molecular weight excluding hydrogens is 226 g/mol. The van der Waals surface area contributed by atoms with Crippen molar-refractivity contribution in [3.05, 3.63) is 27.9 Å². The Bertz CT molecular complexity index is 447. The van der Waals surface area contributed by atoms with Crippen molar-refractivity contribution in [2.45, 2.75) is 19.9 Å². The van der Waals surface area contributed by atoms with E-state index in [1.165, 1.54) is 13.2 Å². The number of aromatic nitrogens is 1. The van der Waals surface area contributed by atoms with Crippen LogP contribution in [0.15, 0.2) is 12.3 Å². The van der Waals surface area contributed by atoms with Gasteiger partial charge in [0.25, 0.3) is 5.69 Å². The molecule has 1 atom stereocenters. The molecular formula is C10H13N3O4. The number of hydrogen-bond donors (Lipinski definition) is 1. The molecule has 0 aliphatic rings. The van der Waals surface area contributed by atoms with Crippen molar-refractivity contribution in [3.8, 4) is 0 Å². The van der Waals surface area contributed by atoms with Crippen molar-refractivity contribution in [1.82, 2.24) is 4.98 Å². The van der Waals surface area contributed by atoms with Gasteiger partial charge in [-0.15, -0.1) is 0 Å². The second kappa shape index (κ2) is 5.24. The first-order chi connectivity index (χ1) is 7.95. The topological polar surface area (TPSA) is 94.4 Å². The fourth-order valence-electron chi connectivity index (χ4n) is 1.25. The number of rotatable bonds is 4. The van der Waals surface area contributed by atoms with Crippen LogP contribution in [0.4, 0.5) is 11.5 Å². The second-order valence-corrected chi connectivity index (χ2v) is 3.51. The number of pyridine rings is 1. The Hall–Kier alpha value is -2.18. The normalized spacial score (nSPS) is 11.7. The van der Waals surface area contributed by atoms with Gasteiger partial charge < -0.3 is 10.1 Å². The average molecular weight is 239 g/mol. The molecule has 0 spiro atoms. The standard InChI is InChI=1S/C10H13N3O4/c1-6-4-8(13(15)16)5-11-9(6)12-7(2)10(14)17-3/h4-5,7H,1-3H3,(H,11,12). The first-order valence-corrected chi connectivity index (χ1v) is 4.91. The lowest BCUT2D eigenvalue weighted by molar-refractivity contribution is -0.385. The maximum atomic E-state index is 11.2. The van der Waals surface area contributed by atoms with Crippen molar-refractivity contribution < 1.29 is 14.5 Å². The zero-order valence-electron chi connectivity index (χ0n) is 9.76. The lowest BCUT2D eigenvalue weighted by atomic mass is 10.2. The number of ether oxygens (including phenoxy) is 1. The third-order valence-corrected chi connectivity index (χ3v) is 2.18. The molecule has 1 heterocycles. The van der Waals surface area contributed by atoms with Crippen LogP contribution in [0.3, 0.4) is 0 Å². The molecule has 0 aliphatic carbocycles. The SMILES string of the molecule is COC(=O)C(C)Nc1ncc([N+](=O)[O-])cc1C. The summed E-state index contributed by atoms with van der Waals surface area (Å²) >= 11 is 0. The zero-order chi connectivity index (χ0) is 13.0. The van der Waals surface area contributed by atoms with Gasteiger partial charge in [0.05, 0.1) is 12.0 Å². The number of esters is 1. The molecule has 0 amide bonds. The van der Waals surface area contributed by atoms with E-state index in [2.05, 4.69) is 15.0 Å². The molecule has 7 nitrogen and oxygen atoms in total. The summed E-state index contributed by atoms with van der Waals surface area (Å²) in [5.74, 6) is -0.00180. The predicted molar refractivity (Wildman–Crippen MR) is 60.7 cm³/mol. The van der Waals surface area contributed by atoms with Crippen LogP contribution in [0.2, 0.25) is 0 Å². The summed E-state index contributed by atoms with van der Waals surface area (Å²) in [5, 5.41) is 13.3. The largest absolute Gasteiger partial charge is 0.467 e. The van der Waals surface area contributed by atoms with Crippen molar-refractivity contribution in [1.29, 1.82) is 0 Å². The van der Waals surface area contributed by atoms with Crippen molar-refractivity contribution >= 4 is 17.5 Å². The number of anilines is 1. The lowest BCUT2D eigenvalue weighted by Gasteiger charge is -2.13. The minimum Gasteiger partial charge on any atom is -0.467 e. The van der Waals surface area contributed by atoms with Crippen LogP contribution in [-0.2, 0) is 9.53 Å². The molecule has 0 radical (unpaired) electrons. The van der Waals surface area contributed by atoms with Crippen LogP contribution < -0.4 is 5.32 Å². The van der Waals surface area contributed by atoms with E-state index in [0.717, 1.165) is 6.20 Å². The summed E-state index contributed by atoms with van der Waals surface area (Å²) in [4.78, 5) is 25.1. The summed E-state index contributed by atoms with van der Waals surface area (Å²) in [6.07, 6.45) is 1.14. The summed E-state index contributed by atoms with van der Waals surface area (Å²) < 4.78 is 4.55. The molecule has 1 aromatic heterocycles. The Morgan fingerprint density at radius 1 is 1.65 bits per heavy atom. The molecule has 7 heteroatoms. The maximum absolute atomic E-state index is 11.2. The molecule has 1 aromatic rings. The first kappa shape index (κ1) is 12.9. The van der Waals surface area contributed by atoms with Gasteiger partial charge in [-0.1, -0.05) is 0 Å². The highest BCUT2D eigenvalue weighted by Crippen LogP contribution is 2.18. The van der Waals surface area contributed by atoms with E-state index in [0.29, 0.717) is 11.4 Å². The number of methoxy groups -OCH3 is 1. The lowest BCUT2D eigenvalue weighted by Crippen LogP contribution is -2.27. The molecule has 0 aromatic carbocycles. The van der Waals surface area contributed by atoms with Crippen LogP contribution >= 0.6 is 0 Å². The molecule has 0 saturated carbocycles. The Kier molecular flexibility index (Phi) is 3.97. The maximum Gasteiger partial charge on any atom is 0.328 e. The molecule has 1 N–H and O–H groups in total. The second-order valence-electron chi connectivity index (χ2n) is 3.51. The smallest absolute Gasteiger partial charge is 0.328 e. The van der Waals surface area contributed by atoms with Crippen LogP contribution in [0.1, 0.15) is 12.5 Å². The highest BCUT2D eigenvalue weighted by atomic mass is 16.6. The minimum absolute atomic E-state index is 0.0845. The van der Waals surface area contributed by atoms with Gasteiger partial charge in [-0.2, -0.15) is 0 Å². The van der Waals surface area contributed by atoms with Gasteiger partial charge in [-0.05, 0) is 19.4 Å². The van der Waals surface area contributed by atoms with Gasteiger partial charge in [-0.25, -0.2) is 9.78 Å². The molecule has 0 bridgehead atoms. The monoisotopic (exact) mass is 239 g/mol. The fraction of sp³-hybridized carbons (Fsp3) is 0.400. The van der Waals surface area contributed by atoms with E-state index in [4.69, 9.17) is 0 Å². The van der Waals surface area contributed by atoms with Gasteiger partial charge >= 0.3 is 5.97 Å². The summed E-state index contributed by atoms with van der Waals surface area (Å²) in [7, 11) is 1.29. The molecule has 0 aliphatic heterocycles. The molecule has 17 heavy (non-hydrogen) atoms. The van der Waals surface area contributed by atoms with Gasteiger partial charge in [0.2, 0.25) is 0 Å². The fourth-order valence-corrected chi connectivity index (χ4v) is 1.25. The highest BCUT2D eigenvalue weighted by molar-refractivity contribution is 5.78. The number of nitrogens with one attached hydrogen (secondary N) is 1. The molecule has 92 valence electrons. The molecule has 1 unspecified atom stereocenters. The Morgan fingerprint density at radius 2 is 2.29 bits per heavy atom. The first-order valence-electron chi connectivity index (χ1n) is 4.91. The van der Waals surface area contributed by atoms with Crippen LogP contribution in [0, 0.1) is 17.0 Å². The summed E-state index contributed by atoms with van der Waals surface area (Å²) in [6.45, 7) is 3.29. The zero-order valence-corrected chi connectivity index (χ0v) is 9.76. The van der Waals surface area contributed by atoms with Crippen LogP contribution in [0.25, 0.3) is 0 Å². The summed E-state index contributed by atoms with van der Waals surface area (Å²) in [5.41, 5.74) is 0.508. The Morgan fingerprint density at radius 3 is 2.76 bits per heavy atom. The van der Waals surface area contributed by atoms with Crippen LogP contribution in [-0.4, -0.2) is 29.0 Å². The van der Waals surface area contributed by atoms with Gasteiger partial charge in [-0.3, -0.25) is 10.1 Å². The van der Waals surface area contributed by atoms with E-state index >= 15 is 0 Å². The number of nitrogens with zero attached hydrogens (tertiary/aromatic N) is 2. The van der Waals surface area contributed by atoms with E-state index in [-0.39, 0.29) is 5.69 Å². The molecule has 0 fully saturated rings. The quantitative estimate of drug-likeness (QED) is 0.483. The van der Waals surface area contributed by atoms with E-state index < -0.39 is 16.9 Å². The van der Waals surface area contributed by atoms with E-state index in [1.54, 1.807) is 13.8 Å². The number of carbonyl (C=O) groups excluding carboxylic acids is 1. The minimum atomic E-state index is -0.562. The predicted octanol–water partition coefficient (Wildman–Crippen LogP) is 1.27. The Labute approximate surface area is 98.0 Å². The highest BCUT2D eigenvalue weighted by Gasteiger charge is 2.16. The van der Waals surface area contributed by atoms with Crippen molar-refractivity contribution in [3.63, 3.8) is 0 Å². The van der Waals surface area contributed by atoms with Crippen molar-refractivity contribution in [2.24, 2.45) is 0 Å². The summed E-state index contributed by atoms with van der Waals surface area (Å²) in [6, 6.07) is 0.826. The van der Waals surface area contributed by atoms with Gasteiger partial charge in [0, 0.05) is 6.07 Å². The molecule has 1 rings (SSSR count). The third kappa shape index (κ3) is 3.13. The molecule has 0 saturated heterocycles. The average Bonchev–Trinajstić information content (AvgIpc) is 2.30. The third-order valence-electron chi connectivity index (χ3n) is 2.18. The number of nitro groups is 1.